The average Bonchev–Trinajstić information content (AvgIpc) is 2.89. The van der Waals surface area contributed by atoms with Gasteiger partial charge in [0, 0.05) is 31.2 Å². The molecule has 2 rings (SSSR count). The van der Waals surface area contributed by atoms with Gasteiger partial charge < -0.3 is 0 Å². The first kappa shape index (κ1) is 15.8. The van der Waals surface area contributed by atoms with Crippen molar-refractivity contribution in [1.82, 2.24) is 14.1 Å². The summed E-state index contributed by atoms with van der Waals surface area (Å²) in [7, 11) is -3.43. The highest BCUT2D eigenvalue weighted by molar-refractivity contribution is 7.89. The van der Waals surface area contributed by atoms with Crippen molar-refractivity contribution in [3.8, 4) is 0 Å². The van der Waals surface area contributed by atoms with Crippen LogP contribution in [0.4, 0.5) is 0 Å². The summed E-state index contributed by atoms with van der Waals surface area (Å²) in [5.74, 6) is 0.938. The van der Waals surface area contributed by atoms with Crippen molar-refractivity contribution >= 4 is 21.6 Å². The van der Waals surface area contributed by atoms with Gasteiger partial charge in [0.1, 0.15) is 4.90 Å². The van der Waals surface area contributed by atoms with Crippen LogP contribution in [-0.4, -0.2) is 41.0 Å². The Hall–Kier alpha value is -0.590. The number of hydrogen-bond acceptors (Lipinski definition) is 3. The molecule has 0 amide bonds. The van der Waals surface area contributed by atoms with E-state index in [1.807, 2.05) is 6.92 Å². The molecule has 0 bridgehead atoms. The average molecular weight is 320 g/mol. The number of piperidine rings is 1. The number of hydrogen-bond donors (Lipinski definition) is 0. The zero-order chi connectivity index (χ0) is 14.8. The second-order valence-electron chi connectivity index (χ2n) is 5.46. The van der Waals surface area contributed by atoms with Crippen LogP contribution in [0.2, 0.25) is 0 Å². The van der Waals surface area contributed by atoms with Gasteiger partial charge in [-0.1, -0.05) is 6.92 Å². The quantitative estimate of drug-likeness (QED) is 0.783. The topological polar surface area (TPSA) is 55.2 Å². The number of aromatic nitrogens is 2. The summed E-state index contributed by atoms with van der Waals surface area (Å²) in [5.41, 5.74) is 0. The van der Waals surface area contributed by atoms with Crippen molar-refractivity contribution in [3.05, 3.63) is 12.4 Å². The Bertz CT molecular complexity index is 544. The van der Waals surface area contributed by atoms with E-state index in [9.17, 15) is 8.42 Å². The normalized spacial score (nSPS) is 24.9. The summed E-state index contributed by atoms with van der Waals surface area (Å²) in [4.78, 5) is 0.285. The van der Waals surface area contributed by atoms with Gasteiger partial charge in [-0.25, -0.2) is 8.42 Å². The molecule has 20 heavy (non-hydrogen) atoms. The highest BCUT2D eigenvalue weighted by Crippen LogP contribution is 2.28. The van der Waals surface area contributed by atoms with Gasteiger partial charge in [-0.05, 0) is 32.1 Å². The molecule has 0 aliphatic carbocycles. The van der Waals surface area contributed by atoms with Crippen LogP contribution in [0.5, 0.6) is 0 Å². The molecule has 0 saturated carbocycles. The Morgan fingerprint density at radius 2 is 2.20 bits per heavy atom. The monoisotopic (exact) mass is 319 g/mol. The summed E-state index contributed by atoms with van der Waals surface area (Å²) in [5, 5.41) is 4.11. The van der Waals surface area contributed by atoms with Crippen LogP contribution in [0, 0.1) is 5.92 Å². The predicted octanol–water partition coefficient (Wildman–Crippen LogP) is 2.32. The van der Waals surface area contributed by atoms with Crippen LogP contribution < -0.4 is 0 Å². The molecule has 114 valence electrons. The zero-order valence-electron chi connectivity index (χ0n) is 12.0. The maximum absolute atomic E-state index is 12.7. The Morgan fingerprint density at radius 3 is 2.90 bits per heavy atom. The molecule has 1 aliphatic rings. The largest absolute Gasteiger partial charge is 0.271 e. The number of rotatable bonds is 5. The Morgan fingerprint density at radius 1 is 1.45 bits per heavy atom. The molecule has 0 aromatic carbocycles. The van der Waals surface area contributed by atoms with Gasteiger partial charge in [-0.2, -0.15) is 9.40 Å². The molecule has 2 unspecified atom stereocenters. The molecule has 7 heteroatoms. The third kappa shape index (κ3) is 3.18. The second kappa shape index (κ2) is 6.45. The van der Waals surface area contributed by atoms with Crippen LogP contribution >= 0.6 is 11.6 Å². The summed E-state index contributed by atoms with van der Waals surface area (Å²) in [6.45, 7) is 5.33. The Kier molecular flexibility index (Phi) is 5.09. The first-order chi connectivity index (χ1) is 9.46. The first-order valence-corrected chi connectivity index (χ1v) is 9.04. The fraction of sp³-hybridized carbons (Fsp3) is 0.769. The molecule has 1 saturated heterocycles. The predicted molar refractivity (Wildman–Crippen MR) is 79.3 cm³/mol. The smallest absolute Gasteiger partial charge is 0.246 e. The zero-order valence-corrected chi connectivity index (χ0v) is 13.6. The van der Waals surface area contributed by atoms with E-state index in [-0.39, 0.29) is 10.9 Å². The van der Waals surface area contributed by atoms with E-state index in [0.717, 1.165) is 19.3 Å². The molecule has 1 aliphatic heterocycles. The van der Waals surface area contributed by atoms with Gasteiger partial charge in [0.2, 0.25) is 10.0 Å². The molecule has 2 heterocycles. The molecular weight excluding hydrogens is 298 g/mol. The van der Waals surface area contributed by atoms with Gasteiger partial charge in [-0.15, -0.1) is 11.6 Å². The number of nitrogens with zero attached hydrogens (tertiary/aromatic N) is 3. The van der Waals surface area contributed by atoms with Crippen LogP contribution in [0.15, 0.2) is 17.3 Å². The highest BCUT2D eigenvalue weighted by atomic mass is 35.5. The highest BCUT2D eigenvalue weighted by Gasteiger charge is 2.35. The third-order valence-corrected chi connectivity index (χ3v) is 6.26. The van der Waals surface area contributed by atoms with Crippen LogP contribution in [-0.2, 0) is 16.6 Å². The van der Waals surface area contributed by atoms with Gasteiger partial charge in [0.25, 0.3) is 0 Å². The second-order valence-corrected chi connectivity index (χ2v) is 7.73. The standard InChI is InChI=1S/C13H22ClN3O2S/c1-11-5-3-8-17(12(11)2)20(18,19)13-9-15-16(10-13)7-4-6-14/h9-12H,3-8H2,1-2H3. The lowest BCUT2D eigenvalue weighted by molar-refractivity contribution is 0.202. The van der Waals surface area contributed by atoms with Crippen LogP contribution in [0.25, 0.3) is 0 Å². The van der Waals surface area contributed by atoms with E-state index < -0.39 is 10.0 Å². The van der Waals surface area contributed by atoms with E-state index in [1.54, 1.807) is 15.2 Å². The minimum absolute atomic E-state index is 0.0416. The van der Waals surface area contributed by atoms with Gasteiger partial charge in [0.05, 0.1) is 6.20 Å². The van der Waals surface area contributed by atoms with Crippen molar-refractivity contribution < 1.29 is 8.42 Å². The molecule has 0 spiro atoms. The third-order valence-electron chi connectivity index (χ3n) is 4.05. The molecule has 1 aromatic heterocycles. The summed E-state index contributed by atoms with van der Waals surface area (Å²) < 4.78 is 28.6. The Labute approximate surface area is 126 Å². The SMILES string of the molecule is CC1CCCN(S(=O)(=O)c2cnn(CCCCl)c2)C1C. The van der Waals surface area contributed by atoms with Crippen LogP contribution in [0.3, 0.4) is 0 Å². The lowest BCUT2D eigenvalue weighted by atomic mass is 9.94. The van der Waals surface area contributed by atoms with E-state index in [4.69, 9.17) is 11.6 Å². The molecule has 1 fully saturated rings. The van der Waals surface area contributed by atoms with Crippen molar-refractivity contribution in [1.29, 1.82) is 0 Å². The summed E-state index contributed by atoms with van der Waals surface area (Å²) in [6.07, 6.45) is 5.83. The Balaban J connectivity index is 2.19. The summed E-state index contributed by atoms with van der Waals surface area (Å²) >= 11 is 5.64. The molecule has 1 aromatic rings. The van der Waals surface area contributed by atoms with Crippen molar-refractivity contribution in [3.63, 3.8) is 0 Å². The van der Waals surface area contributed by atoms with Gasteiger partial charge >= 0.3 is 0 Å². The lowest BCUT2D eigenvalue weighted by Gasteiger charge is -2.36. The van der Waals surface area contributed by atoms with Gasteiger partial charge in [-0.3, -0.25) is 4.68 Å². The first-order valence-electron chi connectivity index (χ1n) is 7.07. The minimum Gasteiger partial charge on any atom is -0.271 e. The number of alkyl halides is 1. The van der Waals surface area contributed by atoms with E-state index in [2.05, 4.69) is 12.0 Å². The number of aryl methyl sites for hydroxylation is 1. The summed E-state index contributed by atoms with van der Waals surface area (Å²) in [6, 6.07) is 0.0416. The van der Waals surface area contributed by atoms with E-state index >= 15 is 0 Å². The van der Waals surface area contributed by atoms with E-state index in [1.165, 1.54) is 6.20 Å². The van der Waals surface area contributed by atoms with Crippen molar-refractivity contribution in [2.75, 3.05) is 12.4 Å². The maximum Gasteiger partial charge on any atom is 0.246 e. The number of sulfonamides is 1. The number of halogens is 1. The molecule has 0 radical (unpaired) electrons. The van der Waals surface area contributed by atoms with E-state index in [0.29, 0.717) is 24.9 Å². The molecule has 5 nitrogen and oxygen atoms in total. The van der Waals surface area contributed by atoms with Crippen LogP contribution in [0.1, 0.15) is 33.1 Å². The lowest BCUT2D eigenvalue weighted by Crippen LogP contribution is -2.45. The van der Waals surface area contributed by atoms with Crippen molar-refractivity contribution in [2.45, 2.75) is 50.6 Å². The van der Waals surface area contributed by atoms with Crippen molar-refractivity contribution in [2.24, 2.45) is 5.92 Å². The van der Waals surface area contributed by atoms with Gasteiger partial charge in [0.15, 0.2) is 0 Å². The molecule has 0 N–H and O–H groups in total. The fourth-order valence-corrected chi connectivity index (χ4v) is 4.43. The molecular formula is C13H22ClN3O2S. The maximum atomic E-state index is 12.7. The molecule has 2 atom stereocenters. The minimum atomic E-state index is -3.43. The fourth-order valence-electron chi connectivity index (χ4n) is 2.59.